The molecule has 5 heteroatoms. The van der Waals surface area contributed by atoms with Gasteiger partial charge < -0.3 is 19.9 Å². The van der Waals surface area contributed by atoms with E-state index in [4.69, 9.17) is 15.2 Å². The van der Waals surface area contributed by atoms with E-state index in [-0.39, 0.29) is 6.79 Å². The van der Waals surface area contributed by atoms with E-state index in [1.807, 2.05) is 32.0 Å². The van der Waals surface area contributed by atoms with Crippen LogP contribution in [0.5, 0.6) is 11.5 Å². The Kier molecular flexibility index (Phi) is 5.45. The normalized spacial score (nSPS) is 13.3. The minimum absolute atomic E-state index is 0.238. The summed E-state index contributed by atoms with van der Waals surface area (Å²) in [5.74, 6) is 0.989. The predicted octanol–water partition coefficient (Wildman–Crippen LogP) is 1.48. The monoisotopic (exact) mass is 253 g/mol. The van der Waals surface area contributed by atoms with Crippen molar-refractivity contribution in [2.75, 3.05) is 13.9 Å². The summed E-state index contributed by atoms with van der Waals surface area (Å²) in [5.41, 5.74) is 6.58. The summed E-state index contributed by atoms with van der Waals surface area (Å²) in [4.78, 5) is 11.1. The molecule has 0 saturated carbocycles. The molecule has 1 unspecified atom stereocenters. The van der Waals surface area contributed by atoms with Crippen LogP contribution < -0.4 is 15.2 Å². The number of carbonyl (C=O) groups excluding carboxylic acids is 1. The van der Waals surface area contributed by atoms with Gasteiger partial charge in [0.05, 0.1) is 7.11 Å². The molecule has 1 aromatic rings. The van der Waals surface area contributed by atoms with Gasteiger partial charge in [-0.15, -0.1) is 0 Å². The number of hydrogen-bond acceptors (Lipinski definition) is 5. The minimum atomic E-state index is -0.648. The molecule has 18 heavy (non-hydrogen) atoms. The van der Waals surface area contributed by atoms with Gasteiger partial charge in [0.25, 0.3) is 0 Å². The van der Waals surface area contributed by atoms with Crippen LogP contribution in [0.25, 0.3) is 0 Å². The fraction of sp³-hybridized carbons (Fsp3) is 0.462. The van der Waals surface area contributed by atoms with Crippen molar-refractivity contribution >= 4 is 5.97 Å². The highest BCUT2D eigenvalue weighted by Crippen LogP contribution is 2.32. The molecule has 0 fully saturated rings. The molecular formula is C13H19NO4. The molecule has 100 valence electrons. The van der Waals surface area contributed by atoms with Crippen molar-refractivity contribution in [2.24, 2.45) is 5.73 Å². The molecule has 5 nitrogen and oxygen atoms in total. The highest BCUT2D eigenvalue weighted by Gasteiger charge is 2.17. The maximum Gasteiger partial charge on any atom is 0.322 e. The van der Waals surface area contributed by atoms with E-state index < -0.39 is 12.0 Å². The van der Waals surface area contributed by atoms with Gasteiger partial charge in [-0.1, -0.05) is 19.9 Å². The Balaban J connectivity index is 0.000000771. The first kappa shape index (κ1) is 14.3. The molecule has 0 spiro atoms. The smallest absolute Gasteiger partial charge is 0.322 e. The molecule has 0 radical (unpaired) electrons. The zero-order valence-corrected chi connectivity index (χ0v) is 10.9. The van der Waals surface area contributed by atoms with Gasteiger partial charge in [-0.25, -0.2) is 0 Å². The molecule has 0 saturated heterocycles. The van der Waals surface area contributed by atoms with Crippen molar-refractivity contribution in [3.8, 4) is 11.5 Å². The number of carbonyl (C=O) groups is 1. The molecule has 1 aliphatic rings. The second-order valence-electron chi connectivity index (χ2n) is 3.52. The van der Waals surface area contributed by atoms with Crippen molar-refractivity contribution < 1.29 is 19.0 Å². The van der Waals surface area contributed by atoms with Crippen LogP contribution in [0.1, 0.15) is 19.4 Å². The van der Waals surface area contributed by atoms with Gasteiger partial charge in [-0.3, -0.25) is 4.79 Å². The van der Waals surface area contributed by atoms with Gasteiger partial charge in [-0.2, -0.15) is 0 Å². The maximum absolute atomic E-state index is 11.1. The van der Waals surface area contributed by atoms with Crippen LogP contribution in [0, 0.1) is 0 Å². The minimum Gasteiger partial charge on any atom is -0.468 e. The Hall–Kier alpha value is -1.75. The Labute approximate surface area is 107 Å². The number of hydrogen-bond donors (Lipinski definition) is 1. The maximum atomic E-state index is 11.1. The van der Waals surface area contributed by atoms with Crippen molar-refractivity contribution in [1.82, 2.24) is 0 Å². The Morgan fingerprint density at radius 2 is 2.06 bits per heavy atom. The molecule has 2 rings (SSSR count). The SMILES string of the molecule is CC.COC(=O)C(N)Cc1ccc2c(c1)OCO2. The molecule has 0 aliphatic carbocycles. The van der Waals surface area contributed by atoms with Crippen LogP contribution in [0.2, 0.25) is 0 Å². The lowest BCUT2D eigenvalue weighted by Gasteiger charge is -2.09. The Morgan fingerprint density at radius 3 is 2.72 bits per heavy atom. The zero-order chi connectivity index (χ0) is 13.5. The first-order chi connectivity index (χ1) is 8.70. The summed E-state index contributed by atoms with van der Waals surface area (Å²) < 4.78 is 15.0. The fourth-order valence-corrected chi connectivity index (χ4v) is 1.56. The number of fused-ring (bicyclic) bond motifs is 1. The number of rotatable bonds is 3. The zero-order valence-electron chi connectivity index (χ0n) is 10.9. The number of methoxy groups -OCH3 is 1. The van der Waals surface area contributed by atoms with Crippen molar-refractivity contribution in [3.05, 3.63) is 23.8 Å². The second-order valence-corrected chi connectivity index (χ2v) is 3.52. The number of esters is 1. The summed E-state index contributed by atoms with van der Waals surface area (Å²) in [6.45, 7) is 4.24. The molecule has 0 bridgehead atoms. The standard InChI is InChI=1S/C11H13NO4.C2H6/c1-14-11(13)8(12)4-7-2-3-9-10(5-7)16-6-15-9;1-2/h2-3,5,8H,4,6,12H2,1H3;1-2H3. The van der Waals surface area contributed by atoms with Crippen LogP contribution in [0.3, 0.4) is 0 Å². The third-order valence-electron chi connectivity index (χ3n) is 2.40. The lowest BCUT2D eigenvalue weighted by Crippen LogP contribution is -2.33. The van der Waals surface area contributed by atoms with Crippen LogP contribution in [0.15, 0.2) is 18.2 Å². The number of ether oxygens (including phenoxy) is 3. The third-order valence-corrected chi connectivity index (χ3v) is 2.40. The highest BCUT2D eigenvalue weighted by atomic mass is 16.7. The van der Waals surface area contributed by atoms with E-state index in [9.17, 15) is 4.79 Å². The van der Waals surface area contributed by atoms with Crippen LogP contribution in [-0.4, -0.2) is 25.9 Å². The predicted molar refractivity (Wildman–Crippen MR) is 67.6 cm³/mol. The second kappa shape index (κ2) is 6.86. The average molecular weight is 253 g/mol. The average Bonchev–Trinajstić information content (AvgIpc) is 2.87. The van der Waals surface area contributed by atoms with Gasteiger partial charge in [0.2, 0.25) is 6.79 Å². The molecule has 1 aliphatic heterocycles. The van der Waals surface area contributed by atoms with Gasteiger partial charge in [0, 0.05) is 0 Å². The molecule has 0 aromatic heterocycles. The van der Waals surface area contributed by atoms with Crippen LogP contribution in [-0.2, 0) is 16.0 Å². The lowest BCUT2D eigenvalue weighted by molar-refractivity contribution is -0.142. The number of nitrogens with two attached hydrogens (primary N) is 1. The van der Waals surface area contributed by atoms with E-state index in [2.05, 4.69) is 4.74 Å². The molecule has 0 amide bonds. The summed E-state index contributed by atoms with van der Waals surface area (Å²) in [6.07, 6.45) is 0.420. The van der Waals surface area contributed by atoms with E-state index in [0.717, 1.165) is 11.3 Å². The van der Waals surface area contributed by atoms with Gasteiger partial charge in [0.15, 0.2) is 11.5 Å². The summed E-state index contributed by atoms with van der Waals surface area (Å²) in [7, 11) is 1.32. The van der Waals surface area contributed by atoms with E-state index in [1.165, 1.54) is 7.11 Å². The van der Waals surface area contributed by atoms with Gasteiger partial charge >= 0.3 is 5.97 Å². The lowest BCUT2D eigenvalue weighted by atomic mass is 10.1. The largest absolute Gasteiger partial charge is 0.468 e. The Morgan fingerprint density at radius 1 is 1.39 bits per heavy atom. The molecular weight excluding hydrogens is 234 g/mol. The van der Waals surface area contributed by atoms with E-state index in [0.29, 0.717) is 12.2 Å². The first-order valence-corrected chi connectivity index (χ1v) is 5.92. The summed E-state index contributed by atoms with van der Waals surface area (Å²) >= 11 is 0. The number of benzene rings is 1. The van der Waals surface area contributed by atoms with Crippen LogP contribution in [0.4, 0.5) is 0 Å². The quantitative estimate of drug-likeness (QED) is 0.826. The molecule has 1 heterocycles. The van der Waals surface area contributed by atoms with Crippen molar-refractivity contribution in [3.63, 3.8) is 0 Å². The van der Waals surface area contributed by atoms with E-state index >= 15 is 0 Å². The van der Waals surface area contributed by atoms with Gasteiger partial charge in [0.1, 0.15) is 6.04 Å². The van der Waals surface area contributed by atoms with Crippen molar-refractivity contribution in [2.45, 2.75) is 26.3 Å². The van der Waals surface area contributed by atoms with Crippen LogP contribution >= 0.6 is 0 Å². The molecule has 1 aromatic carbocycles. The van der Waals surface area contributed by atoms with Gasteiger partial charge in [-0.05, 0) is 24.1 Å². The molecule has 1 atom stereocenters. The Bertz CT molecular complexity index is 406. The summed E-state index contributed by atoms with van der Waals surface area (Å²) in [6, 6.07) is 4.84. The summed E-state index contributed by atoms with van der Waals surface area (Å²) in [5, 5.41) is 0. The first-order valence-electron chi connectivity index (χ1n) is 5.92. The highest BCUT2D eigenvalue weighted by molar-refractivity contribution is 5.75. The third kappa shape index (κ3) is 3.37. The molecule has 2 N–H and O–H groups in total. The fourth-order valence-electron chi connectivity index (χ4n) is 1.56. The topological polar surface area (TPSA) is 70.8 Å². The van der Waals surface area contributed by atoms with E-state index in [1.54, 1.807) is 0 Å². The van der Waals surface area contributed by atoms with Crippen molar-refractivity contribution in [1.29, 1.82) is 0 Å².